The monoisotopic (exact) mass is 404 g/mol. The lowest BCUT2D eigenvalue weighted by Crippen LogP contribution is -2.16. The van der Waals surface area contributed by atoms with Crippen LogP contribution in [0.1, 0.15) is 6.92 Å². The number of alkyl halides is 2. The van der Waals surface area contributed by atoms with Crippen molar-refractivity contribution in [3.63, 3.8) is 0 Å². The largest absolute Gasteiger partial charge is 0.433 e. The molecule has 1 amide bonds. The van der Waals surface area contributed by atoms with Gasteiger partial charge in [-0.3, -0.25) is 4.79 Å². The van der Waals surface area contributed by atoms with Gasteiger partial charge >= 0.3 is 6.61 Å². The number of rotatable bonds is 8. The molecule has 0 unspecified atom stereocenters. The van der Waals surface area contributed by atoms with Crippen LogP contribution in [0.25, 0.3) is 10.9 Å². The molecular formula is C19H18F2N4O2S. The van der Waals surface area contributed by atoms with Crippen molar-refractivity contribution in [3.8, 4) is 5.75 Å². The number of halogens is 2. The smallest absolute Gasteiger partial charge is 0.387 e. The number of anilines is 2. The first-order valence-electron chi connectivity index (χ1n) is 8.54. The molecule has 6 nitrogen and oxygen atoms in total. The van der Waals surface area contributed by atoms with E-state index in [-0.39, 0.29) is 23.1 Å². The highest BCUT2D eigenvalue weighted by atomic mass is 32.2. The van der Waals surface area contributed by atoms with E-state index in [9.17, 15) is 13.6 Å². The third-order valence-electron chi connectivity index (χ3n) is 3.64. The Bertz CT molecular complexity index is 972. The van der Waals surface area contributed by atoms with E-state index in [2.05, 4.69) is 25.3 Å². The second-order valence-electron chi connectivity index (χ2n) is 5.61. The highest BCUT2D eigenvalue weighted by Gasteiger charge is 2.13. The van der Waals surface area contributed by atoms with Gasteiger partial charge in [-0.15, -0.1) is 0 Å². The maximum Gasteiger partial charge on any atom is 0.387 e. The molecule has 146 valence electrons. The maximum absolute atomic E-state index is 12.5. The Labute approximate surface area is 164 Å². The van der Waals surface area contributed by atoms with Gasteiger partial charge in [-0.2, -0.15) is 8.78 Å². The van der Waals surface area contributed by atoms with E-state index < -0.39 is 6.61 Å². The second kappa shape index (κ2) is 9.32. The van der Waals surface area contributed by atoms with Crippen LogP contribution in [-0.2, 0) is 4.79 Å². The van der Waals surface area contributed by atoms with Gasteiger partial charge in [0.15, 0.2) is 5.16 Å². The predicted octanol–water partition coefficient (Wildman–Crippen LogP) is 4.39. The molecule has 0 bridgehead atoms. The van der Waals surface area contributed by atoms with Gasteiger partial charge in [-0.05, 0) is 31.2 Å². The van der Waals surface area contributed by atoms with E-state index in [1.807, 2.05) is 31.2 Å². The molecule has 3 rings (SSSR count). The van der Waals surface area contributed by atoms with Crippen molar-refractivity contribution in [2.45, 2.75) is 18.7 Å². The van der Waals surface area contributed by atoms with Crippen molar-refractivity contribution in [1.29, 1.82) is 0 Å². The fourth-order valence-electron chi connectivity index (χ4n) is 2.51. The molecule has 3 aromatic rings. The van der Waals surface area contributed by atoms with Gasteiger partial charge in [0.05, 0.1) is 17.0 Å². The molecular weight excluding hydrogens is 386 g/mol. The first-order chi connectivity index (χ1) is 13.6. The Morgan fingerprint density at radius 1 is 1.14 bits per heavy atom. The Kier molecular flexibility index (Phi) is 6.59. The zero-order chi connectivity index (χ0) is 19.9. The first kappa shape index (κ1) is 19.8. The molecule has 9 heteroatoms. The zero-order valence-electron chi connectivity index (χ0n) is 15.0. The van der Waals surface area contributed by atoms with E-state index in [4.69, 9.17) is 0 Å². The Morgan fingerprint density at radius 3 is 2.68 bits per heavy atom. The van der Waals surface area contributed by atoms with Crippen LogP contribution >= 0.6 is 11.8 Å². The summed E-state index contributed by atoms with van der Waals surface area (Å²) in [6, 6.07) is 13.6. The Morgan fingerprint density at radius 2 is 1.89 bits per heavy atom. The number of nitrogens with zero attached hydrogens (tertiary/aromatic N) is 2. The lowest BCUT2D eigenvalue weighted by atomic mass is 10.2. The summed E-state index contributed by atoms with van der Waals surface area (Å²) in [5.74, 6) is 0.253. The van der Waals surface area contributed by atoms with Crippen LogP contribution in [0.2, 0.25) is 0 Å². The molecule has 1 heterocycles. The van der Waals surface area contributed by atoms with Crippen molar-refractivity contribution >= 4 is 40.1 Å². The topological polar surface area (TPSA) is 76.1 Å². The minimum absolute atomic E-state index is 0.0208. The second-order valence-corrected chi connectivity index (χ2v) is 6.56. The number of hydrogen-bond donors (Lipinski definition) is 2. The highest BCUT2D eigenvalue weighted by Crippen LogP contribution is 2.27. The van der Waals surface area contributed by atoms with E-state index in [1.165, 1.54) is 12.1 Å². The molecule has 2 N–H and O–H groups in total. The number of benzene rings is 2. The van der Waals surface area contributed by atoms with E-state index in [0.717, 1.165) is 22.7 Å². The van der Waals surface area contributed by atoms with Crippen LogP contribution in [0, 0.1) is 0 Å². The average Bonchev–Trinajstić information content (AvgIpc) is 2.68. The number of fused-ring (bicyclic) bond motifs is 1. The normalized spacial score (nSPS) is 10.9. The third kappa shape index (κ3) is 5.07. The summed E-state index contributed by atoms with van der Waals surface area (Å²) in [4.78, 5) is 21.2. The van der Waals surface area contributed by atoms with E-state index in [1.54, 1.807) is 12.1 Å². The van der Waals surface area contributed by atoms with Gasteiger partial charge in [0.1, 0.15) is 11.6 Å². The molecule has 2 aromatic carbocycles. The highest BCUT2D eigenvalue weighted by molar-refractivity contribution is 7.99. The minimum atomic E-state index is -2.97. The summed E-state index contributed by atoms with van der Waals surface area (Å²) in [5, 5.41) is 7.11. The standard InChI is InChI=1S/C19H18F2N4O2S/c1-2-22-17-12-7-3-4-8-13(12)24-19(25-17)28-11-16(26)23-14-9-5-6-10-15(14)27-18(20)21/h3-10,18H,2,11H2,1H3,(H,23,26)(H,22,24,25). The Hall–Kier alpha value is -2.94. The van der Waals surface area contributed by atoms with Gasteiger partial charge in [0, 0.05) is 11.9 Å². The summed E-state index contributed by atoms with van der Waals surface area (Å²) in [6.45, 7) is -0.300. The quantitative estimate of drug-likeness (QED) is 0.428. The molecule has 0 aliphatic heterocycles. The average molecular weight is 404 g/mol. The van der Waals surface area contributed by atoms with Crippen molar-refractivity contribution in [2.75, 3.05) is 22.9 Å². The van der Waals surface area contributed by atoms with Crippen molar-refractivity contribution in [3.05, 3.63) is 48.5 Å². The molecule has 0 atom stereocenters. The first-order valence-corrected chi connectivity index (χ1v) is 9.52. The van der Waals surface area contributed by atoms with Gasteiger partial charge in [-0.1, -0.05) is 36.0 Å². The van der Waals surface area contributed by atoms with Crippen LogP contribution in [0.5, 0.6) is 5.75 Å². The molecule has 0 aliphatic carbocycles. The summed E-state index contributed by atoms with van der Waals surface area (Å²) in [6.07, 6.45) is 0. The molecule has 28 heavy (non-hydrogen) atoms. The number of carbonyl (C=O) groups is 1. The number of carbonyl (C=O) groups excluding carboxylic acids is 1. The lowest BCUT2D eigenvalue weighted by Gasteiger charge is -2.12. The number of para-hydroxylation sites is 3. The number of thioether (sulfide) groups is 1. The lowest BCUT2D eigenvalue weighted by molar-refractivity contribution is -0.113. The number of ether oxygens (including phenoxy) is 1. The molecule has 0 aliphatic rings. The summed E-state index contributed by atoms with van der Waals surface area (Å²) in [5.41, 5.74) is 0.952. The van der Waals surface area contributed by atoms with Crippen molar-refractivity contribution in [1.82, 2.24) is 9.97 Å². The zero-order valence-corrected chi connectivity index (χ0v) is 15.8. The van der Waals surface area contributed by atoms with E-state index in [0.29, 0.717) is 17.5 Å². The van der Waals surface area contributed by atoms with Crippen molar-refractivity contribution in [2.24, 2.45) is 0 Å². The third-order valence-corrected chi connectivity index (χ3v) is 4.48. The van der Waals surface area contributed by atoms with Crippen LogP contribution in [0.3, 0.4) is 0 Å². The fraction of sp³-hybridized carbons (Fsp3) is 0.211. The summed E-state index contributed by atoms with van der Waals surface area (Å²) >= 11 is 1.16. The SMILES string of the molecule is CCNc1nc(SCC(=O)Nc2ccccc2OC(F)F)nc2ccccc12. The van der Waals surface area contributed by atoms with E-state index >= 15 is 0 Å². The van der Waals surface area contributed by atoms with Crippen LogP contribution in [0.15, 0.2) is 53.7 Å². The van der Waals surface area contributed by atoms with Crippen LogP contribution in [-0.4, -0.2) is 34.8 Å². The predicted molar refractivity (Wildman–Crippen MR) is 106 cm³/mol. The van der Waals surface area contributed by atoms with Gasteiger partial charge in [0.25, 0.3) is 0 Å². The summed E-state index contributed by atoms with van der Waals surface area (Å²) in [7, 11) is 0. The van der Waals surface area contributed by atoms with Crippen LogP contribution < -0.4 is 15.4 Å². The number of aromatic nitrogens is 2. The maximum atomic E-state index is 12.5. The van der Waals surface area contributed by atoms with Crippen molar-refractivity contribution < 1.29 is 18.3 Å². The Balaban J connectivity index is 1.70. The molecule has 0 fully saturated rings. The summed E-state index contributed by atoms with van der Waals surface area (Å²) < 4.78 is 29.4. The molecule has 0 saturated heterocycles. The minimum Gasteiger partial charge on any atom is -0.433 e. The van der Waals surface area contributed by atoms with Gasteiger partial charge in [-0.25, -0.2) is 9.97 Å². The van der Waals surface area contributed by atoms with Crippen LogP contribution in [0.4, 0.5) is 20.3 Å². The molecule has 0 spiro atoms. The van der Waals surface area contributed by atoms with Gasteiger partial charge < -0.3 is 15.4 Å². The number of amides is 1. The number of hydrogen-bond acceptors (Lipinski definition) is 6. The molecule has 0 saturated carbocycles. The van der Waals surface area contributed by atoms with Gasteiger partial charge in [0.2, 0.25) is 5.91 Å². The molecule has 1 aromatic heterocycles. The molecule has 0 radical (unpaired) electrons. The number of nitrogens with one attached hydrogen (secondary N) is 2. The fourth-order valence-corrected chi connectivity index (χ4v) is 3.16.